The number of halogens is 2. The summed E-state index contributed by atoms with van der Waals surface area (Å²) in [6.07, 6.45) is 0. The first-order chi connectivity index (χ1) is 0. The van der Waals surface area contributed by atoms with Crippen molar-refractivity contribution in [2.45, 2.75) is 0 Å². The van der Waals surface area contributed by atoms with Crippen molar-refractivity contribution in [2.75, 3.05) is 0 Å². The van der Waals surface area contributed by atoms with Crippen molar-refractivity contribution >= 4 is 23.1 Å². The van der Waals surface area contributed by atoms with Gasteiger partial charge in [-0.2, -0.15) is 0 Å². The average Bonchev–Trinajstić information content (AvgIpc) is 0. The Labute approximate surface area is 66.0 Å². The quantitative estimate of drug-likeness (QED) is 0.298. The van der Waals surface area contributed by atoms with Crippen LogP contribution in [0.25, 0.3) is 0 Å². The topological polar surface area (TPSA) is 0 Å². The van der Waals surface area contributed by atoms with Crippen molar-refractivity contribution in [3.63, 3.8) is 0 Å². The van der Waals surface area contributed by atoms with E-state index in [9.17, 15) is 0 Å². The van der Waals surface area contributed by atoms with Crippen LogP contribution in [0.5, 0.6) is 0 Å². The fourth-order valence-corrected chi connectivity index (χ4v) is 0. The van der Waals surface area contributed by atoms with Crippen molar-refractivity contribution in [3.8, 4) is 0 Å². The van der Waals surface area contributed by atoms with Crippen LogP contribution < -0.4 is 24.8 Å². The Morgan fingerprint density at radius 1 is 0.750 bits per heavy atom. The third-order valence-electron chi connectivity index (χ3n) is 0. The third-order valence-corrected chi connectivity index (χ3v) is 0. The second kappa shape index (κ2) is 20.4. The molecule has 16 valence electrons. The van der Waals surface area contributed by atoms with E-state index in [0.717, 1.165) is 0 Å². The Bertz CT molecular complexity index is 6.00. The Morgan fingerprint density at radius 3 is 0.750 bits per heavy atom. The Hall–Kier alpha value is 1.93. The molecule has 0 saturated heterocycles. The van der Waals surface area contributed by atoms with E-state index < -0.39 is 0 Å². The zero-order valence-electron chi connectivity index (χ0n) is 1.91. The molecule has 0 amide bonds. The molecule has 0 spiro atoms. The van der Waals surface area contributed by atoms with Gasteiger partial charge in [-0.05, 0) is 0 Å². The summed E-state index contributed by atoms with van der Waals surface area (Å²) in [5.41, 5.74) is 0. The van der Waals surface area contributed by atoms with Gasteiger partial charge in [-0.3, -0.25) is 0 Å². The molecule has 0 aliphatic carbocycles. The minimum atomic E-state index is 0. The maximum absolute atomic E-state index is 0. The number of hydrogen-bond acceptors (Lipinski definition) is 0. The first-order valence-electron chi connectivity index (χ1n) is 0. The molecule has 4 heavy (non-hydrogen) atoms. The van der Waals surface area contributed by atoms with Gasteiger partial charge in [0.25, 0.3) is 0 Å². The van der Waals surface area contributed by atoms with Gasteiger partial charge in [-0.1, -0.05) is 0 Å². The fraction of sp³-hybridized carbons (Fsp3) is 0. The minimum Gasteiger partial charge on any atom is -1.00 e. The molecule has 0 aliphatic heterocycles. The van der Waals surface area contributed by atoms with E-state index in [1.54, 1.807) is 0 Å². The average molecular weight is 146 g/mol. The molecule has 0 unspecified atom stereocenters. The van der Waals surface area contributed by atoms with E-state index in [1.807, 2.05) is 0 Å². The number of hydrogen-bond donors (Lipinski definition) is 0. The predicted molar refractivity (Wildman–Crippen MR) is 5.75 cm³/mol. The van der Waals surface area contributed by atoms with Crippen LogP contribution in [0.2, 0.25) is 0 Å². The van der Waals surface area contributed by atoms with Crippen molar-refractivity contribution < 1.29 is 43.4 Å². The van der Waals surface area contributed by atoms with Crippen LogP contribution in [0.15, 0.2) is 0 Å². The fourth-order valence-electron chi connectivity index (χ4n) is 0. The van der Waals surface area contributed by atoms with Gasteiger partial charge in [0.2, 0.25) is 0 Å². The van der Waals surface area contributed by atoms with Crippen LogP contribution >= 0.6 is 0 Å². The van der Waals surface area contributed by atoms with Gasteiger partial charge in [0.15, 0.2) is 0 Å². The molecule has 0 saturated carbocycles. The van der Waals surface area contributed by atoms with Crippen LogP contribution in [0, 0.1) is 0 Å². The Kier molecular flexibility index (Phi) is 198. The van der Waals surface area contributed by atoms with Crippen LogP contribution in [0.4, 0.5) is 0 Å². The molecule has 0 aromatic carbocycles. The van der Waals surface area contributed by atoms with Gasteiger partial charge in [0.1, 0.15) is 0 Å². The van der Waals surface area contributed by atoms with Gasteiger partial charge < -0.3 is 24.8 Å². The second-order valence-corrected chi connectivity index (χ2v) is 0. The minimum absolute atomic E-state index is 0. The Morgan fingerprint density at radius 2 is 0.750 bits per heavy atom. The Balaban J connectivity index is 0. The number of rotatable bonds is 0. The molecule has 4 heteroatoms. The summed E-state index contributed by atoms with van der Waals surface area (Å²) in [4.78, 5) is 0. The summed E-state index contributed by atoms with van der Waals surface area (Å²) in [5, 5.41) is 0. The van der Waals surface area contributed by atoms with Crippen molar-refractivity contribution in [1.29, 1.82) is 0 Å². The van der Waals surface area contributed by atoms with Gasteiger partial charge in [-0.25, -0.2) is 0 Å². The molecule has 0 atom stereocenters. The van der Waals surface area contributed by atoms with Crippen LogP contribution in [0.3, 0.4) is 0 Å². The molecule has 0 N–H and O–H groups in total. The SMILES string of the molecule is [Cl-].[Cl-].[Mg+2].[V+5]. The zero-order valence-corrected chi connectivity index (χ0v) is 6.23. The van der Waals surface area contributed by atoms with Crippen molar-refractivity contribution in [2.24, 2.45) is 0 Å². The maximum Gasteiger partial charge on any atom is 5.00 e. The summed E-state index contributed by atoms with van der Waals surface area (Å²) >= 11 is 0. The molecular weight excluding hydrogens is 146 g/mol. The third kappa shape index (κ3) is 9.06. The van der Waals surface area contributed by atoms with E-state index in [4.69, 9.17) is 0 Å². The van der Waals surface area contributed by atoms with Gasteiger partial charge >= 0.3 is 41.6 Å². The molecule has 0 radical (unpaired) electrons. The molecule has 0 aliphatic rings. The molecule has 0 nitrogen and oxygen atoms in total. The summed E-state index contributed by atoms with van der Waals surface area (Å²) in [6.45, 7) is 0. The molecule has 0 heterocycles. The second-order valence-electron chi connectivity index (χ2n) is 0. The molecule has 0 rings (SSSR count). The first kappa shape index (κ1) is 38.7. The van der Waals surface area contributed by atoms with Gasteiger partial charge in [0, 0.05) is 0 Å². The zero-order chi connectivity index (χ0) is 0. The molecule has 0 aromatic heterocycles. The van der Waals surface area contributed by atoms with Crippen LogP contribution in [-0.2, 0) is 18.6 Å². The van der Waals surface area contributed by atoms with Crippen molar-refractivity contribution in [1.82, 2.24) is 0 Å². The predicted octanol–water partition coefficient (Wildman–Crippen LogP) is -6.38. The van der Waals surface area contributed by atoms with Gasteiger partial charge in [0.05, 0.1) is 0 Å². The van der Waals surface area contributed by atoms with E-state index in [-0.39, 0.29) is 66.4 Å². The largest absolute Gasteiger partial charge is 5.00 e. The molecule has 0 fully saturated rings. The van der Waals surface area contributed by atoms with E-state index >= 15 is 0 Å². The molecule has 0 bridgehead atoms. The van der Waals surface area contributed by atoms with E-state index in [0.29, 0.717) is 0 Å². The smallest absolute Gasteiger partial charge is 1.00 e. The van der Waals surface area contributed by atoms with Crippen LogP contribution in [0.1, 0.15) is 0 Å². The summed E-state index contributed by atoms with van der Waals surface area (Å²) in [7, 11) is 0. The van der Waals surface area contributed by atoms with Gasteiger partial charge in [-0.15, -0.1) is 0 Å². The summed E-state index contributed by atoms with van der Waals surface area (Å²) in [5.74, 6) is 0. The first-order valence-corrected chi connectivity index (χ1v) is 0. The normalized spacial score (nSPS) is 0. The molecular formula is Cl2MgV+5. The standard InChI is InChI=1S/2ClH.Mg.V/h2*1H;;/q;;+2;+5/p-2. The van der Waals surface area contributed by atoms with E-state index in [2.05, 4.69) is 0 Å². The summed E-state index contributed by atoms with van der Waals surface area (Å²) in [6, 6.07) is 0. The van der Waals surface area contributed by atoms with Crippen molar-refractivity contribution in [3.05, 3.63) is 0 Å². The summed E-state index contributed by atoms with van der Waals surface area (Å²) < 4.78 is 0. The maximum atomic E-state index is 0. The monoisotopic (exact) mass is 145 g/mol. The van der Waals surface area contributed by atoms with Crippen LogP contribution in [-0.4, -0.2) is 23.1 Å². The van der Waals surface area contributed by atoms with E-state index in [1.165, 1.54) is 0 Å². The molecule has 0 aromatic rings.